The van der Waals surface area contributed by atoms with Crippen molar-refractivity contribution >= 4 is 22.5 Å². The molecule has 9 nitrogen and oxygen atoms in total. The van der Waals surface area contributed by atoms with Crippen molar-refractivity contribution in [2.75, 3.05) is 36.8 Å². The third kappa shape index (κ3) is 4.02. The number of nitrogen functional groups attached to an aromatic ring is 1. The van der Waals surface area contributed by atoms with E-state index in [0.29, 0.717) is 35.8 Å². The number of hydrogen-bond donors (Lipinski definition) is 2. The van der Waals surface area contributed by atoms with Crippen molar-refractivity contribution in [1.82, 2.24) is 29.4 Å². The van der Waals surface area contributed by atoms with Crippen molar-refractivity contribution in [3.05, 3.63) is 22.6 Å². The summed E-state index contributed by atoms with van der Waals surface area (Å²) >= 11 is 0. The highest BCUT2D eigenvalue weighted by Gasteiger charge is 2.44. The van der Waals surface area contributed by atoms with Crippen molar-refractivity contribution in [1.29, 1.82) is 0 Å². The molecule has 3 N–H and O–H groups in total. The number of pyridine rings is 1. The molecular weight excluding hydrogens is 478 g/mol. The van der Waals surface area contributed by atoms with Crippen LogP contribution in [0.15, 0.2) is 17.1 Å². The number of aryl methyl sites for hydroxylation is 1. The minimum Gasteiger partial charge on any atom is -0.382 e. The van der Waals surface area contributed by atoms with E-state index < -0.39 is 5.92 Å². The Morgan fingerprint density at radius 3 is 2.62 bits per heavy atom. The molecule has 2 aliphatic carbocycles. The van der Waals surface area contributed by atoms with Crippen molar-refractivity contribution in [2.45, 2.75) is 63.0 Å². The van der Waals surface area contributed by atoms with Gasteiger partial charge in [0, 0.05) is 63.0 Å². The van der Waals surface area contributed by atoms with Gasteiger partial charge in [0.15, 0.2) is 5.82 Å². The maximum Gasteiger partial charge on any atom is 0.264 e. The molecule has 4 fully saturated rings. The van der Waals surface area contributed by atoms with E-state index in [-0.39, 0.29) is 36.4 Å². The van der Waals surface area contributed by atoms with Gasteiger partial charge in [0.2, 0.25) is 0 Å². The number of aromatic nitrogens is 5. The SMILES string of the molecule is Cn1nc(-c2cn(C(C3CC3)C3CC3)c(=O)c3c(N)n[nH]c23)cc1N1CCC[C@H]1CN1CCC(F)(F)C1. The topological polar surface area (TPSA) is 101 Å². The first-order chi connectivity index (χ1) is 17.8. The number of likely N-dealkylation sites (tertiary alicyclic amines) is 1. The number of rotatable bonds is 7. The molecule has 3 aromatic heterocycles. The van der Waals surface area contributed by atoms with E-state index in [4.69, 9.17) is 10.8 Å². The van der Waals surface area contributed by atoms with Crippen molar-refractivity contribution < 1.29 is 8.78 Å². The average molecular weight is 513 g/mol. The Labute approximate surface area is 213 Å². The first kappa shape index (κ1) is 23.2. The van der Waals surface area contributed by atoms with E-state index in [0.717, 1.165) is 62.1 Å². The number of nitrogens with zero attached hydrogens (tertiary/aromatic N) is 6. The summed E-state index contributed by atoms with van der Waals surface area (Å²) in [5.74, 6) is -0.304. The predicted octanol–water partition coefficient (Wildman–Crippen LogP) is 3.38. The van der Waals surface area contributed by atoms with E-state index in [1.54, 1.807) is 0 Å². The van der Waals surface area contributed by atoms with E-state index in [2.05, 4.69) is 21.2 Å². The van der Waals surface area contributed by atoms with Crippen LogP contribution < -0.4 is 16.2 Å². The lowest BCUT2D eigenvalue weighted by Crippen LogP contribution is -2.41. The summed E-state index contributed by atoms with van der Waals surface area (Å²) in [6.07, 6.45) is 8.54. The highest BCUT2D eigenvalue weighted by atomic mass is 19.3. The van der Waals surface area contributed by atoms with Gasteiger partial charge in [-0.25, -0.2) is 8.78 Å². The van der Waals surface area contributed by atoms with Crippen LogP contribution in [0.3, 0.4) is 0 Å². The Morgan fingerprint density at radius 2 is 1.95 bits per heavy atom. The number of fused-ring (bicyclic) bond motifs is 1. The van der Waals surface area contributed by atoms with Gasteiger partial charge in [0.05, 0.1) is 17.8 Å². The van der Waals surface area contributed by atoms with Crippen LogP contribution in [0.4, 0.5) is 20.4 Å². The summed E-state index contributed by atoms with van der Waals surface area (Å²) in [7, 11) is 1.92. The summed E-state index contributed by atoms with van der Waals surface area (Å²) in [4.78, 5) is 17.8. The van der Waals surface area contributed by atoms with Crippen LogP contribution in [0.5, 0.6) is 0 Å². The summed E-state index contributed by atoms with van der Waals surface area (Å²) in [5, 5.41) is 12.5. The third-order valence-corrected chi connectivity index (χ3v) is 8.83. The standard InChI is InChI=1S/C26H34F2N8O/c1-33-20(35-9-2-3-17(35)12-34-10-8-26(27,28)14-34)11-19(32-33)18-13-36(23(15-4-5-15)16-6-7-16)25(37)21-22(18)30-31-24(21)29/h11,13,15-17,23H,2-10,12,14H2,1H3,(H3,29,30,31)/t17-/m0/s1. The molecule has 2 saturated heterocycles. The highest BCUT2D eigenvalue weighted by molar-refractivity contribution is 5.97. The zero-order chi connectivity index (χ0) is 25.5. The Kier molecular flexibility index (Phi) is 5.19. The molecule has 1 atom stereocenters. The number of alkyl halides is 2. The van der Waals surface area contributed by atoms with Crippen LogP contribution in [-0.2, 0) is 7.05 Å². The molecule has 3 aromatic rings. The van der Waals surface area contributed by atoms with E-state index in [1.165, 1.54) is 0 Å². The molecule has 2 aliphatic heterocycles. The second-order valence-corrected chi connectivity index (χ2v) is 11.6. The molecule has 11 heteroatoms. The molecule has 4 aliphatic rings. The average Bonchev–Trinajstić information content (AvgIpc) is 3.72. The van der Waals surface area contributed by atoms with Crippen molar-refractivity contribution in [3.8, 4) is 11.3 Å². The van der Waals surface area contributed by atoms with Crippen LogP contribution in [0, 0.1) is 11.8 Å². The number of nitrogens with two attached hydrogens (primary N) is 1. The fourth-order valence-electron chi connectivity index (χ4n) is 6.73. The largest absolute Gasteiger partial charge is 0.382 e. The second kappa shape index (κ2) is 8.28. The first-order valence-corrected chi connectivity index (χ1v) is 13.6. The van der Waals surface area contributed by atoms with Gasteiger partial charge in [-0.3, -0.25) is 19.5 Å². The minimum absolute atomic E-state index is 0.0582. The van der Waals surface area contributed by atoms with E-state index in [1.807, 2.05) is 27.4 Å². The fraction of sp³-hybridized carbons (Fsp3) is 0.654. The molecule has 198 valence electrons. The van der Waals surface area contributed by atoms with Gasteiger partial charge in [0.1, 0.15) is 11.2 Å². The lowest BCUT2D eigenvalue weighted by molar-refractivity contribution is 0.0118. The van der Waals surface area contributed by atoms with Crippen LogP contribution in [-0.4, -0.2) is 67.6 Å². The molecule has 37 heavy (non-hydrogen) atoms. The molecule has 2 saturated carbocycles. The Morgan fingerprint density at radius 1 is 1.19 bits per heavy atom. The number of aromatic amines is 1. The van der Waals surface area contributed by atoms with Crippen molar-refractivity contribution in [3.63, 3.8) is 0 Å². The summed E-state index contributed by atoms with van der Waals surface area (Å²) in [6.45, 7) is 1.79. The molecule has 7 rings (SSSR count). The van der Waals surface area contributed by atoms with Crippen molar-refractivity contribution in [2.24, 2.45) is 18.9 Å². The van der Waals surface area contributed by atoms with Gasteiger partial charge in [-0.05, 0) is 50.4 Å². The molecule has 0 radical (unpaired) electrons. The predicted molar refractivity (Wildman–Crippen MR) is 138 cm³/mol. The first-order valence-electron chi connectivity index (χ1n) is 13.6. The van der Waals surface area contributed by atoms with Gasteiger partial charge in [-0.2, -0.15) is 10.2 Å². The summed E-state index contributed by atoms with van der Waals surface area (Å²) in [6, 6.07) is 2.43. The van der Waals surface area contributed by atoms with Gasteiger partial charge in [0.25, 0.3) is 11.5 Å². The van der Waals surface area contributed by atoms with Gasteiger partial charge < -0.3 is 15.2 Å². The smallest absolute Gasteiger partial charge is 0.264 e. The maximum atomic E-state index is 13.8. The van der Waals surface area contributed by atoms with Crippen LogP contribution >= 0.6 is 0 Å². The highest BCUT2D eigenvalue weighted by Crippen LogP contribution is 2.52. The lowest BCUT2D eigenvalue weighted by Gasteiger charge is -2.29. The number of halogens is 2. The summed E-state index contributed by atoms with van der Waals surface area (Å²) < 4.78 is 31.4. The Bertz CT molecular complexity index is 1390. The molecule has 5 heterocycles. The monoisotopic (exact) mass is 512 g/mol. The third-order valence-electron chi connectivity index (χ3n) is 8.83. The molecule has 0 aromatic carbocycles. The van der Waals surface area contributed by atoms with Crippen LogP contribution in [0.1, 0.15) is 51.0 Å². The number of anilines is 2. The number of nitrogens with one attached hydrogen (secondary N) is 1. The summed E-state index contributed by atoms with van der Waals surface area (Å²) in [5.41, 5.74) is 8.29. The maximum absolute atomic E-state index is 13.8. The molecule has 0 bridgehead atoms. The number of hydrogen-bond acceptors (Lipinski definition) is 6. The Balaban J connectivity index is 1.25. The lowest BCUT2D eigenvalue weighted by atomic mass is 10.0. The molecule has 0 amide bonds. The fourth-order valence-corrected chi connectivity index (χ4v) is 6.73. The van der Waals surface area contributed by atoms with E-state index in [9.17, 15) is 13.6 Å². The second-order valence-electron chi connectivity index (χ2n) is 11.6. The zero-order valence-corrected chi connectivity index (χ0v) is 21.2. The number of H-pyrrole nitrogens is 1. The molecule has 0 unspecified atom stereocenters. The molecular formula is C26H34F2N8O. The van der Waals surface area contributed by atoms with E-state index >= 15 is 0 Å². The normalized spacial score (nSPS) is 24.2. The van der Waals surface area contributed by atoms with Crippen LogP contribution in [0.25, 0.3) is 22.2 Å². The van der Waals surface area contributed by atoms with Gasteiger partial charge in [-0.1, -0.05) is 0 Å². The zero-order valence-electron chi connectivity index (χ0n) is 21.2. The Hall–Kier alpha value is -2.95. The quantitative estimate of drug-likeness (QED) is 0.504. The van der Waals surface area contributed by atoms with Gasteiger partial charge in [-0.15, -0.1) is 0 Å². The van der Waals surface area contributed by atoms with Crippen LogP contribution in [0.2, 0.25) is 0 Å². The van der Waals surface area contributed by atoms with Gasteiger partial charge >= 0.3 is 0 Å². The minimum atomic E-state index is -2.58. The molecule has 0 spiro atoms.